The summed E-state index contributed by atoms with van der Waals surface area (Å²) in [6.07, 6.45) is 4.33. The summed E-state index contributed by atoms with van der Waals surface area (Å²) < 4.78 is 5.37. The predicted octanol–water partition coefficient (Wildman–Crippen LogP) is 3.71. The Bertz CT molecular complexity index is 777. The van der Waals surface area contributed by atoms with Crippen LogP contribution in [0.4, 0.5) is 10.5 Å². The van der Waals surface area contributed by atoms with Crippen LogP contribution in [0.2, 0.25) is 0 Å². The highest BCUT2D eigenvalue weighted by atomic mass is 16.6. The van der Waals surface area contributed by atoms with Crippen molar-refractivity contribution in [3.8, 4) is 0 Å². The highest BCUT2D eigenvalue weighted by Crippen LogP contribution is 2.20. The maximum Gasteiger partial charge on any atom is 0.410 e. The average molecular weight is 403 g/mol. The molecule has 0 unspecified atom stereocenters. The number of non-ortho nitro benzene ring substituents is 1. The molecule has 29 heavy (non-hydrogen) atoms. The van der Waals surface area contributed by atoms with E-state index in [1.54, 1.807) is 35.1 Å². The highest BCUT2D eigenvalue weighted by molar-refractivity contribution is 5.91. The lowest BCUT2D eigenvalue weighted by atomic mass is 9.96. The third kappa shape index (κ3) is 7.21. The minimum Gasteiger partial charge on any atom is -0.444 e. The molecule has 1 fully saturated rings. The van der Waals surface area contributed by atoms with E-state index in [4.69, 9.17) is 4.74 Å². The van der Waals surface area contributed by atoms with Crippen molar-refractivity contribution in [2.24, 2.45) is 5.92 Å². The van der Waals surface area contributed by atoms with Gasteiger partial charge in [0.05, 0.1) is 4.92 Å². The van der Waals surface area contributed by atoms with E-state index in [-0.39, 0.29) is 17.7 Å². The number of benzene rings is 1. The first-order valence-corrected chi connectivity index (χ1v) is 9.71. The van der Waals surface area contributed by atoms with E-state index in [1.807, 2.05) is 20.8 Å². The SMILES string of the molecule is CN(CC1CCN(C(=O)C=Cc2cccc([N+](=O)[O-])c2)CC1)C(=O)OC(C)(C)C. The summed E-state index contributed by atoms with van der Waals surface area (Å²) in [7, 11) is 1.73. The summed E-state index contributed by atoms with van der Waals surface area (Å²) in [5.41, 5.74) is 0.0862. The van der Waals surface area contributed by atoms with Gasteiger partial charge in [-0.25, -0.2) is 4.79 Å². The summed E-state index contributed by atoms with van der Waals surface area (Å²) >= 11 is 0. The third-order valence-corrected chi connectivity index (χ3v) is 4.66. The Hall–Kier alpha value is -2.90. The molecule has 1 saturated heterocycles. The van der Waals surface area contributed by atoms with E-state index in [1.165, 1.54) is 18.2 Å². The van der Waals surface area contributed by atoms with Crippen LogP contribution in [0.3, 0.4) is 0 Å². The van der Waals surface area contributed by atoms with Crippen LogP contribution in [0.1, 0.15) is 39.2 Å². The van der Waals surface area contributed by atoms with E-state index in [9.17, 15) is 19.7 Å². The monoisotopic (exact) mass is 403 g/mol. The molecule has 1 aromatic carbocycles. The van der Waals surface area contributed by atoms with Gasteiger partial charge in [-0.1, -0.05) is 12.1 Å². The Kier molecular flexibility index (Phi) is 7.36. The molecule has 2 amide bonds. The average Bonchev–Trinajstić information content (AvgIpc) is 2.65. The van der Waals surface area contributed by atoms with Crippen molar-refractivity contribution < 1.29 is 19.2 Å². The molecule has 0 radical (unpaired) electrons. The van der Waals surface area contributed by atoms with E-state index in [2.05, 4.69) is 0 Å². The maximum absolute atomic E-state index is 12.4. The Labute approximate surface area is 171 Å². The van der Waals surface area contributed by atoms with Crippen LogP contribution in [0.25, 0.3) is 6.08 Å². The molecule has 1 aromatic rings. The molecule has 1 aliphatic rings. The highest BCUT2D eigenvalue weighted by Gasteiger charge is 2.26. The van der Waals surface area contributed by atoms with Crippen LogP contribution >= 0.6 is 0 Å². The van der Waals surface area contributed by atoms with Gasteiger partial charge in [0.25, 0.3) is 5.69 Å². The molecule has 158 valence electrons. The van der Waals surface area contributed by atoms with Gasteiger partial charge < -0.3 is 14.5 Å². The van der Waals surface area contributed by atoms with E-state index in [0.29, 0.717) is 31.1 Å². The van der Waals surface area contributed by atoms with Gasteiger partial charge in [0.1, 0.15) is 5.60 Å². The topological polar surface area (TPSA) is 93.0 Å². The Morgan fingerprint density at radius 3 is 2.55 bits per heavy atom. The van der Waals surface area contributed by atoms with Crippen molar-refractivity contribution in [2.45, 2.75) is 39.2 Å². The number of nitro benzene ring substituents is 1. The molecule has 0 spiro atoms. The van der Waals surface area contributed by atoms with Gasteiger partial charge in [0, 0.05) is 44.9 Å². The smallest absolute Gasteiger partial charge is 0.410 e. The summed E-state index contributed by atoms with van der Waals surface area (Å²) in [6, 6.07) is 6.16. The molecule has 0 atom stereocenters. The van der Waals surface area contributed by atoms with Gasteiger partial charge in [-0.3, -0.25) is 14.9 Å². The van der Waals surface area contributed by atoms with Crippen LogP contribution < -0.4 is 0 Å². The number of carbonyl (C=O) groups is 2. The number of nitro groups is 1. The van der Waals surface area contributed by atoms with Gasteiger partial charge in [0.2, 0.25) is 5.91 Å². The van der Waals surface area contributed by atoms with Crippen LogP contribution in [-0.2, 0) is 9.53 Å². The molecule has 1 heterocycles. The number of likely N-dealkylation sites (tertiary alicyclic amines) is 1. The fourth-order valence-electron chi connectivity index (χ4n) is 3.15. The van der Waals surface area contributed by atoms with Gasteiger partial charge in [-0.05, 0) is 51.2 Å². The van der Waals surface area contributed by atoms with Gasteiger partial charge in [-0.15, -0.1) is 0 Å². The minimum atomic E-state index is -0.521. The quantitative estimate of drug-likeness (QED) is 0.424. The Balaban J connectivity index is 1.82. The van der Waals surface area contributed by atoms with Crippen molar-refractivity contribution in [2.75, 3.05) is 26.7 Å². The Morgan fingerprint density at radius 2 is 1.97 bits per heavy atom. The van der Waals surface area contributed by atoms with Crippen molar-refractivity contribution in [1.29, 1.82) is 0 Å². The molecule has 0 bridgehead atoms. The summed E-state index contributed by atoms with van der Waals surface area (Å²) in [4.78, 5) is 38.2. The lowest BCUT2D eigenvalue weighted by Gasteiger charge is -2.34. The maximum atomic E-state index is 12.4. The molecule has 0 aromatic heterocycles. The normalized spacial score (nSPS) is 15.4. The van der Waals surface area contributed by atoms with Gasteiger partial charge in [-0.2, -0.15) is 0 Å². The van der Waals surface area contributed by atoms with Crippen molar-refractivity contribution in [3.05, 3.63) is 46.0 Å². The number of piperidine rings is 1. The van der Waals surface area contributed by atoms with Crippen LogP contribution in [0.5, 0.6) is 0 Å². The van der Waals surface area contributed by atoms with Crippen molar-refractivity contribution >= 4 is 23.8 Å². The zero-order valence-corrected chi connectivity index (χ0v) is 17.5. The minimum absolute atomic E-state index is 0.00507. The number of ether oxygens (including phenoxy) is 1. The molecule has 0 N–H and O–H groups in total. The molecular formula is C21H29N3O5. The van der Waals surface area contributed by atoms with Crippen molar-refractivity contribution in [3.63, 3.8) is 0 Å². The molecule has 8 heteroatoms. The largest absolute Gasteiger partial charge is 0.444 e. The van der Waals surface area contributed by atoms with Gasteiger partial charge >= 0.3 is 6.09 Å². The first kappa shape index (κ1) is 22.4. The van der Waals surface area contributed by atoms with E-state index in [0.717, 1.165) is 12.8 Å². The zero-order chi connectivity index (χ0) is 21.6. The summed E-state index contributed by atoms with van der Waals surface area (Å²) in [6.45, 7) is 7.34. The first-order valence-electron chi connectivity index (χ1n) is 9.71. The lowest BCUT2D eigenvalue weighted by molar-refractivity contribution is -0.384. The second-order valence-electron chi connectivity index (χ2n) is 8.31. The van der Waals surface area contributed by atoms with E-state index < -0.39 is 10.5 Å². The lowest BCUT2D eigenvalue weighted by Crippen LogP contribution is -2.42. The number of amides is 2. The van der Waals surface area contributed by atoms with Crippen molar-refractivity contribution in [1.82, 2.24) is 9.80 Å². The van der Waals surface area contributed by atoms with Crippen LogP contribution in [0, 0.1) is 16.0 Å². The zero-order valence-electron chi connectivity index (χ0n) is 17.5. The van der Waals surface area contributed by atoms with E-state index >= 15 is 0 Å². The first-order chi connectivity index (χ1) is 13.5. The number of hydrogen-bond donors (Lipinski definition) is 0. The van der Waals surface area contributed by atoms with Gasteiger partial charge in [0.15, 0.2) is 0 Å². The molecule has 8 nitrogen and oxygen atoms in total. The Morgan fingerprint density at radius 1 is 1.31 bits per heavy atom. The standard InChI is InChI=1S/C21H29N3O5/c1-21(2,3)29-20(26)22(4)15-17-10-12-23(13-11-17)19(25)9-8-16-6-5-7-18(14-16)24(27)28/h5-9,14,17H,10-13,15H2,1-4H3. The summed E-state index contributed by atoms with van der Waals surface area (Å²) in [5, 5.41) is 10.8. The molecule has 1 aliphatic heterocycles. The molecule has 2 rings (SSSR count). The number of carbonyl (C=O) groups excluding carboxylic acids is 2. The summed E-state index contributed by atoms with van der Waals surface area (Å²) in [5.74, 6) is 0.202. The second-order valence-corrected chi connectivity index (χ2v) is 8.31. The fraction of sp³-hybridized carbons (Fsp3) is 0.524. The number of nitrogens with zero attached hydrogens (tertiary/aromatic N) is 3. The second kappa shape index (κ2) is 9.54. The molecular weight excluding hydrogens is 374 g/mol. The molecule has 0 aliphatic carbocycles. The predicted molar refractivity (Wildman–Crippen MR) is 110 cm³/mol. The number of rotatable bonds is 5. The van der Waals surface area contributed by atoms with Crippen LogP contribution in [0.15, 0.2) is 30.3 Å². The third-order valence-electron chi connectivity index (χ3n) is 4.66. The number of hydrogen-bond acceptors (Lipinski definition) is 5. The fourth-order valence-corrected chi connectivity index (χ4v) is 3.15. The molecule has 0 saturated carbocycles. The van der Waals surface area contributed by atoms with Crippen LogP contribution in [-0.4, -0.2) is 59.0 Å².